The highest BCUT2D eigenvalue weighted by Crippen LogP contribution is 2.31. The van der Waals surface area contributed by atoms with Gasteiger partial charge in [0, 0.05) is 18.2 Å². The molecule has 1 aromatic carbocycles. The molecule has 1 aliphatic heterocycles. The third-order valence-corrected chi connectivity index (χ3v) is 8.54. The first-order valence-electron chi connectivity index (χ1n) is 10.1. The van der Waals surface area contributed by atoms with Crippen molar-refractivity contribution in [1.29, 1.82) is 0 Å². The largest absolute Gasteiger partial charge is 0.354 e. The third kappa shape index (κ3) is 3.96. The SMILES string of the molecule is O=S(=O)(c1ccc(-c2cncc(-c3cc(-c4sccc4F)no3)n2)cc1)C1CCCNC1. The van der Waals surface area contributed by atoms with Gasteiger partial charge in [-0.15, -0.1) is 11.3 Å². The number of nitrogens with zero attached hydrogens (tertiary/aromatic N) is 3. The lowest BCUT2D eigenvalue weighted by atomic mass is 10.1. The van der Waals surface area contributed by atoms with Crippen LogP contribution in [0.15, 0.2) is 63.6 Å². The molecule has 3 aromatic heterocycles. The second kappa shape index (κ2) is 8.53. The smallest absolute Gasteiger partial charge is 0.187 e. The van der Waals surface area contributed by atoms with Crippen LogP contribution in [-0.4, -0.2) is 41.9 Å². The molecule has 0 saturated carbocycles. The molecule has 164 valence electrons. The summed E-state index contributed by atoms with van der Waals surface area (Å²) in [7, 11) is -3.39. The normalized spacial score (nSPS) is 16.8. The summed E-state index contributed by atoms with van der Waals surface area (Å²) in [6.45, 7) is 1.33. The minimum atomic E-state index is -3.39. The lowest BCUT2D eigenvalue weighted by Gasteiger charge is -2.22. The number of hydrogen-bond acceptors (Lipinski definition) is 8. The van der Waals surface area contributed by atoms with Crippen LogP contribution < -0.4 is 5.32 Å². The van der Waals surface area contributed by atoms with Gasteiger partial charge in [0.25, 0.3) is 0 Å². The Kier molecular flexibility index (Phi) is 5.58. The van der Waals surface area contributed by atoms with Gasteiger partial charge in [-0.2, -0.15) is 0 Å². The van der Waals surface area contributed by atoms with Gasteiger partial charge in [-0.3, -0.25) is 4.98 Å². The van der Waals surface area contributed by atoms with Gasteiger partial charge in [0.05, 0.1) is 33.1 Å². The van der Waals surface area contributed by atoms with Crippen LogP contribution in [-0.2, 0) is 9.84 Å². The molecule has 0 spiro atoms. The number of benzene rings is 1. The lowest BCUT2D eigenvalue weighted by Crippen LogP contribution is -2.38. The molecule has 1 atom stereocenters. The van der Waals surface area contributed by atoms with E-state index in [1.165, 1.54) is 23.6 Å². The maximum Gasteiger partial charge on any atom is 0.187 e. The van der Waals surface area contributed by atoms with E-state index in [0.29, 0.717) is 45.6 Å². The quantitative estimate of drug-likeness (QED) is 0.467. The first-order chi connectivity index (χ1) is 15.5. The Bertz CT molecular complexity index is 1340. The molecule has 10 heteroatoms. The topological polar surface area (TPSA) is 98.0 Å². The summed E-state index contributed by atoms with van der Waals surface area (Å²) < 4.78 is 44.9. The summed E-state index contributed by atoms with van der Waals surface area (Å²) in [5.41, 5.74) is 2.13. The fourth-order valence-electron chi connectivity index (χ4n) is 3.70. The van der Waals surface area contributed by atoms with E-state index < -0.39 is 15.1 Å². The van der Waals surface area contributed by atoms with Gasteiger partial charge in [0.2, 0.25) is 0 Å². The van der Waals surface area contributed by atoms with Crippen molar-refractivity contribution >= 4 is 21.2 Å². The van der Waals surface area contributed by atoms with Crippen molar-refractivity contribution in [3.63, 3.8) is 0 Å². The van der Waals surface area contributed by atoms with Crippen LogP contribution in [0.5, 0.6) is 0 Å². The molecule has 4 heterocycles. The van der Waals surface area contributed by atoms with Crippen molar-refractivity contribution in [2.24, 2.45) is 0 Å². The predicted octanol–water partition coefficient (Wildman–Crippen LogP) is 4.19. The third-order valence-electron chi connectivity index (χ3n) is 5.42. The fraction of sp³-hybridized carbons (Fsp3) is 0.227. The Morgan fingerprint density at radius 2 is 1.91 bits per heavy atom. The molecule has 0 radical (unpaired) electrons. The van der Waals surface area contributed by atoms with Crippen molar-refractivity contribution in [2.45, 2.75) is 23.0 Å². The summed E-state index contributed by atoms with van der Waals surface area (Å²) in [6.07, 6.45) is 4.65. The summed E-state index contributed by atoms with van der Waals surface area (Å²) >= 11 is 1.24. The van der Waals surface area contributed by atoms with E-state index in [1.807, 2.05) is 0 Å². The molecule has 0 amide bonds. The zero-order valence-corrected chi connectivity index (χ0v) is 18.5. The molecule has 1 saturated heterocycles. The van der Waals surface area contributed by atoms with Crippen molar-refractivity contribution < 1.29 is 17.3 Å². The molecule has 4 aromatic rings. The number of sulfone groups is 1. The van der Waals surface area contributed by atoms with Gasteiger partial charge in [0.15, 0.2) is 15.6 Å². The number of piperidine rings is 1. The summed E-state index contributed by atoms with van der Waals surface area (Å²) in [6, 6.07) is 9.67. The van der Waals surface area contributed by atoms with Crippen LogP contribution in [0.3, 0.4) is 0 Å². The monoisotopic (exact) mass is 470 g/mol. The van der Waals surface area contributed by atoms with Gasteiger partial charge in [-0.25, -0.2) is 17.8 Å². The van der Waals surface area contributed by atoms with E-state index in [1.54, 1.807) is 41.9 Å². The molecule has 1 unspecified atom stereocenters. The summed E-state index contributed by atoms with van der Waals surface area (Å²) in [5.74, 6) is 0.0138. The highest BCUT2D eigenvalue weighted by Gasteiger charge is 2.28. The first-order valence-corrected chi connectivity index (χ1v) is 12.5. The zero-order chi connectivity index (χ0) is 22.1. The highest BCUT2D eigenvalue weighted by molar-refractivity contribution is 7.92. The average molecular weight is 471 g/mol. The highest BCUT2D eigenvalue weighted by atomic mass is 32.2. The molecule has 5 rings (SSSR count). The Labute approximate surface area is 188 Å². The molecule has 1 fully saturated rings. The number of hydrogen-bond donors (Lipinski definition) is 1. The summed E-state index contributed by atoms with van der Waals surface area (Å²) in [4.78, 5) is 9.49. The number of halogens is 1. The minimum absolute atomic E-state index is 0.303. The van der Waals surface area contributed by atoms with E-state index >= 15 is 0 Å². The van der Waals surface area contributed by atoms with Gasteiger partial charge in [0.1, 0.15) is 17.2 Å². The van der Waals surface area contributed by atoms with Crippen LogP contribution in [0.25, 0.3) is 33.3 Å². The number of thiophene rings is 1. The molecule has 0 bridgehead atoms. The Morgan fingerprint density at radius 1 is 1.09 bits per heavy atom. The molecule has 1 aliphatic rings. The van der Waals surface area contributed by atoms with E-state index in [0.717, 1.165) is 18.5 Å². The molecule has 0 aliphatic carbocycles. The molecular weight excluding hydrogens is 451 g/mol. The molecule has 1 N–H and O–H groups in total. The lowest BCUT2D eigenvalue weighted by molar-refractivity contribution is 0.433. The van der Waals surface area contributed by atoms with Gasteiger partial charge < -0.3 is 9.84 Å². The van der Waals surface area contributed by atoms with Crippen molar-refractivity contribution in [3.8, 4) is 33.3 Å². The number of nitrogens with one attached hydrogen (secondary N) is 1. The first kappa shape index (κ1) is 20.9. The van der Waals surface area contributed by atoms with E-state index in [4.69, 9.17) is 4.52 Å². The fourth-order valence-corrected chi connectivity index (χ4v) is 6.13. The van der Waals surface area contributed by atoms with Gasteiger partial charge in [-0.1, -0.05) is 17.3 Å². The molecule has 7 nitrogen and oxygen atoms in total. The molecular formula is C22H19FN4O3S2. The number of aromatic nitrogens is 3. The van der Waals surface area contributed by atoms with Crippen molar-refractivity contribution in [3.05, 3.63) is 60.0 Å². The van der Waals surface area contributed by atoms with Crippen LogP contribution in [0.1, 0.15) is 12.8 Å². The van der Waals surface area contributed by atoms with Crippen molar-refractivity contribution in [2.75, 3.05) is 13.1 Å². The van der Waals surface area contributed by atoms with Crippen LogP contribution in [0, 0.1) is 5.82 Å². The average Bonchev–Trinajstić information content (AvgIpc) is 3.49. The van der Waals surface area contributed by atoms with E-state index in [-0.39, 0.29) is 5.82 Å². The van der Waals surface area contributed by atoms with E-state index in [9.17, 15) is 12.8 Å². The molecule has 32 heavy (non-hydrogen) atoms. The van der Waals surface area contributed by atoms with E-state index in [2.05, 4.69) is 20.4 Å². The standard InChI is InChI=1S/C22H19FN4O3S2/c23-17-7-9-31-22(17)18-10-21(30-27-18)20-13-25-12-19(26-20)14-3-5-15(6-4-14)32(28,29)16-2-1-8-24-11-16/h3-7,9-10,12-13,16,24H,1-2,8,11H2. The Hall–Kier alpha value is -2.95. The van der Waals surface area contributed by atoms with Crippen LogP contribution in [0.2, 0.25) is 0 Å². The second-order valence-electron chi connectivity index (χ2n) is 7.50. The van der Waals surface area contributed by atoms with Crippen LogP contribution in [0.4, 0.5) is 4.39 Å². The zero-order valence-electron chi connectivity index (χ0n) is 16.9. The number of rotatable bonds is 5. The maximum absolute atomic E-state index is 13.8. The van der Waals surface area contributed by atoms with Crippen molar-refractivity contribution in [1.82, 2.24) is 20.4 Å². The van der Waals surface area contributed by atoms with Gasteiger partial charge in [-0.05, 0) is 43.0 Å². The second-order valence-corrected chi connectivity index (χ2v) is 10.6. The van der Waals surface area contributed by atoms with Crippen LogP contribution >= 0.6 is 11.3 Å². The minimum Gasteiger partial charge on any atom is -0.354 e. The summed E-state index contributed by atoms with van der Waals surface area (Å²) in [5, 5.41) is 8.33. The Balaban J connectivity index is 1.40. The maximum atomic E-state index is 13.8. The Morgan fingerprint density at radius 3 is 2.62 bits per heavy atom. The predicted molar refractivity (Wildman–Crippen MR) is 119 cm³/mol. The van der Waals surface area contributed by atoms with Gasteiger partial charge >= 0.3 is 0 Å².